The topological polar surface area (TPSA) is 64.9 Å². The molecule has 1 amide bonds. The Kier molecular flexibility index (Phi) is 5.12. The Balaban J connectivity index is 2.54. The SMILES string of the molecule is CC[C@H](C)NC(=O)CNc1ccc(C#N)cc1F. The van der Waals surface area contributed by atoms with Crippen LogP contribution in [0.25, 0.3) is 0 Å². The van der Waals surface area contributed by atoms with Gasteiger partial charge in [0.05, 0.1) is 23.9 Å². The Morgan fingerprint density at radius 1 is 1.56 bits per heavy atom. The summed E-state index contributed by atoms with van der Waals surface area (Å²) in [6.07, 6.45) is 0.844. The maximum absolute atomic E-state index is 13.5. The maximum Gasteiger partial charge on any atom is 0.239 e. The van der Waals surface area contributed by atoms with Crippen molar-refractivity contribution in [1.82, 2.24) is 5.32 Å². The van der Waals surface area contributed by atoms with E-state index >= 15 is 0 Å². The number of nitrogens with zero attached hydrogens (tertiary/aromatic N) is 1. The largest absolute Gasteiger partial charge is 0.374 e. The van der Waals surface area contributed by atoms with Crippen LogP contribution in [-0.4, -0.2) is 18.5 Å². The molecule has 1 rings (SSSR count). The van der Waals surface area contributed by atoms with Gasteiger partial charge in [-0.1, -0.05) is 6.92 Å². The first-order valence-electron chi connectivity index (χ1n) is 5.79. The monoisotopic (exact) mass is 249 g/mol. The summed E-state index contributed by atoms with van der Waals surface area (Å²) in [4.78, 5) is 11.5. The molecule has 0 unspecified atom stereocenters. The Morgan fingerprint density at radius 3 is 2.83 bits per heavy atom. The lowest BCUT2D eigenvalue weighted by Crippen LogP contribution is -2.36. The normalized spacial score (nSPS) is 11.4. The molecule has 0 bridgehead atoms. The lowest BCUT2D eigenvalue weighted by molar-refractivity contribution is -0.120. The van der Waals surface area contributed by atoms with Crippen LogP contribution >= 0.6 is 0 Å². The second kappa shape index (κ2) is 6.60. The summed E-state index contributed by atoms with van der Waals surface area (Å²) < 4.78 is 13.5. The fourth-order valence-electron chi connectivity index (χ4n) is 1.33. The molecule has 0 radical (unpaired) electrons. The zero-order valence-corrected chi connectivity index (χ0v) is 10.5. The summed E-state index contributed by atoms with van der Waals surface area (Å²) in [5, 5.41) is 14.1. The predicted octanol–water partition coefficient (Wildman–Crippen LogP) is 2.02. The predicted molar refractivity (Wildman–Crippen MR) is 67.5 cm³/mol. The van der Waals surface area contributed by atoms with E-state index in [1.807, 2.05) is 19.9 Å². The fourth-order valence-corrected chi connectivity index (χ4v) is 1.33. The molecule has 0 aromatic heterocycles. The molecule has 1 aromatic rings. The molecule has 4 nitrogen and oxygen atoms in total. The molecule has 0 heterocycles. The molecule has 96 valence electrons. The van der Waals surface area contributed by atoms with Crippen LogP contribution in [0.2, 0.25) is 0 Å². The lowest BCUT2D eigenvalue weighted by Gasteiger charge is -2.12. The van der Waals surface area contributed by atoms with Gasteiger partial charge >= 0.3 is 0 Å². The van der Waals surface area contributed by atoms with Crippen molar-refractivity contribution in [3.05, 3.63) is 29.6 Å². The van der Waals surface area contributed by atoms with Crippen LogP contribution in [0.5, 0.6) is 0 Å². The number of benzene rings is 1. The quantitative estimate of drug-likeness (QED) is 0.839. The van der Waals surface area contributed by atoms with Gasteiger partial charge in [0, 0.05) is 6.04 Å². The average molecular weight is 249 g/mol. The van der Waals surface area contributed by atoms with Gasteiger partial charge in [0.15, 0.2) is 0 Å². The third-order valence-corrected chi connectivity index (χ3v) is 2.56. The summed E-state index contributed by atoms with van der Waals surface area (Å²) in [5.41, 5.74) is 0.468. The molecule has 1 atom stereocenters. The van der Waals surface area contributed by atoms with E-state index in [1.165, 1.54) is 12.1 Å². The van der Waals surface area contributed by atoms with E-state index in [4.69, 9.17) is 5.26 Å². The highest BCUT2D eigenvalue weighted by molar-refractivity contribution is 5.81. The van der Waals surface area contributed by atoms with Crippen LogP contribution in [0, 0.1) is 17.1 Å². The summed E-state index contributed by atoms with van der Waals surface area (Å²) in [6, 6.07) is 6.03. The minimum atomic E-state index is -0.537. The van der Waals surface area contributed by atoms with E-state index in [0.717, 1.165) is 12.5 Å². The van der Waals surface area contributed by atoms with Gasteiger partial charge in [0.2, 0.25) is 5.91 Å². The first-order valence-corrected chi connectivity index (χ1v) is 5.79. The van der Waals surface area contributed by atoms with Gasteiger partial charge in [-0.2, -0.15) is 5.26 Å². The second-order valence-electron chi connectivity index (χ2n) is 4.04. The number of hydrogen-bond donors (Lipinski definition) is 2. The van der Waals surface area contributed by atoms with Crippen molar-refractivity contribution in [3.8, 4) is 6.07 Å². The average Bonchev–Trinajstić information content (AvgIpc) is 2.36. The number of nitriles is 1. The van der Waals surface area contributed by atoms with Gasteiger partial charge in [0.1, 0.15) is 5.82 Å². The van der Waals surface area contributed by atoms with Crippen molar-refractivity contribution in [2.75, 3.05) is 11.9 Å². The standard InChI is InChI=1S/C13H16FN3O/c1-3-9(2)17-13(18)8-16-12-5-4-10(7-15)6-11(12)14/h4-6,9,16H,3,8H2,1-2H3,(H,17,18)/t9-/m0/s1. The molecule has 0 aliphatic heterocycles. The van der Waals surface area contributed by atoms with Gasteiger partial charge in [-0.25, -0.2) is 4.39 Å². The molecule has 0 aliphatic carbocycles. The number of nitrogens with one attached hydrogen (secondary N) is 2. The van der Waals surface area contributed by atoms with Gasteiger partial charge in [0.25, 0.3) is 0 Å². The number of carbonyl (C=O) groups is 1. The third-order valence-electron chi connectivity index (χ3n) is 2.56. The number of anilines is 1. The zero-order chi connectivity index (χ0) is 13.5. The van der Waals surface area contributed by atoms with Crippen LogP contribution in [0.4, 0.5) is 10.1 Å². The highest BCUT2D eigenvalue weighted by Crippen LogP contribution is 2.14. The van der Waals surface area contributed by atoms with E-state index in [-0.39, 0.29) is 29.7 Å². The molecule has 2 N–H and O–H groups in total. The van der Waals surface area contributed by atoms with Crippen molar-refractivity contribution in [1.29, 1.82) is 5.26 Å². The molecule has 0 spiro atoms. The van der Waals surface area contributed by atoms with E-state index in [2.05, 4.69) is 10.6 Å². The summed E-state index contributed by atoms with van der Waals surface area (Å²) in [6.45, 7) is 3.88. The van der Waals surface area contributed by atoms with Gasteiger partial charge < -0.3 is 10.6 Å². The smallest absolute Gasteiger partial charge is 0.239 e. The lowest BCUT2D eigenvalue weighted by atomic mass is 10.2. The fraction of sp³-hybridized carbons (Fsp3) is 0.385. The highest BCUT2D eigenvalue weighted by Gasteiger charge is 2.07. The first kappa shape index (κ1) is 14.0. The Hall–Kier alpha value is -2.09. The third kappa shape index (κ3) is 4.06. The molecule has 0 saturated carbocycles. The Morgan fingerprint density at radius 2 is 2.28 bits per heavy atom. The second-order valence-corrected chi connectivity index (χ2v) is 4.04. The van der Waals surface area contributed by atoms with Gasteiger partial charge in [-0.05, 0) is 31.5 Å². The maximum atomic E-state index is 13.5. The number of amides is 1. The van der Waals surface area contributed by atoms with Crippen molar-refractivity contribution < 1.29 is 9.18 Å². The van der Waals surface area contributed by atoms with E-state index in [0.29, 0.717) is 0 Å². The Labute approximate surface area is 106 Å². The molecule has 1 aromatic carbocycles. The van der Waals surface area contributed by atoms with Crippen LogP contribution in [0.3, 0.4) is 0 Å². The van der Waals surface area contributed by atoms with Crippen LogP contribution in [0.15, 0.2) is 18.2 Å². The molecule has 0 aliphatic rings. The van der Waals surface area contributed by atoms with E-state index in [9.17, 15) is 9.18 Å². The number of hydrogen-bond acceptors (Lipinski definition) is 3. The van der Waals surface area contributed by atoms with Crippen molar-refractivity contribution in [2.45, 2.75) is 26.3 Å². The first-order chi connectivity index (χ1) is 8.56. The molecular weight excluding hydrogens is 233 g/mol. The molecule has 5 heteroatoms. The van der Waals surface area contributed by atoms with Crippen LogP contribution in [0.1, 0.15) is 25.8 Å². The highest BCUT2D eigenvalue weighted by atomic mass is 19.1. The number of carbonyl (C=O) groups excluding carboxylic acids is 1. The molecule has 0 fully saturated rings. The zero-order valence-electron chi connectivity index (χ0n) is 10.5. The molecule has 18 heavy (non-hydrogen) atoms. The van der Waals surface area contributed by atoms with Crippen molar-refractivity contribution in [2.24, 2.45) is 0 Å². The van der Waals surface area contributed by atoms with Gasteiger partial charge in [-0.15, -0.1) is 0 Å². The molecule has 0 saturated heterocycles. The van der Waals surface area contributed by atoms with Crippen LogP contribution < -0.4 is 10.6 Å². The van der Waals surface area contributed by atoms with Crippen molar-refractivity contribution >= 4 is 11.6 Å². The minimum Gasteiger partial charge on any atom is -0.374 e. The van der Waals surface area contributed by atoms with E-state index in [1.54, 1.807) is 0 Å². The van der Waals surface area contributed by atoms with Crippen LogP contribution in [-0.2, 0) is 4.79 Å². The molecular formula is C13H16FN3O. The van der Waals surface area contributed by atoms with Crippen molar-refractivity contribution in [3.63, 3.8) is 0 Å². The summed E-state index contributed by atoms with van der Waals surface area (Å²) in [5.74, 6) is -0.724. The summed E-state index contributed by atoms with van der Waals surface area (Å²) >= 11 is 0. The summed E-state index contributed by atoms with van der Waals surface area (Å²) in [7, 11) is 0. The van der Waals surface area contributed by atoms with Gasteiger partial charge in [-0.3, -0.25) is 4.79 Å². The van der Waals surface area contributed by atoms with E-state index < -0.39 is 5.82 Å². The number of halogens is 1. The Bertz CT molecular complexity index is 468. The number of rotatable bonds is 5. The minimum absolute atomic E-state index is 0.00710.